The maximum Gasteiger partial charge on any atom is 0.494 e. The fraction of sp³-hybridized carbons (Fsp3) is 0.278. The lowest BCUT2D eigenvalue weighted by molar-refractivity contribution is 0.0842. The molecule has 3 aromatic rings. The molecule has 1 aliphatic rings. The lowest BCUT2D eigenvalue weighted by atomic mass is 9.79. The van der Waals surface area contributed by atoms with E-state index in [1.54, 1.807) is 23.0 Å². The molecule has 1 unspecified atom stereocenters. The zero-order valence-corrected chi connectivity index (χ0v) is 14.3. The molecule has 0 radical (unpaired) electrons. The Labute approximate surface area is 146 Å². The van der Waals surface area contributed by atoms with E-state index in [2.05, 4.69) is 14.9 Å². The third kappa shape index (κ3) is 2.70. The quantitative estimate of drug-likeness (QED) is 0.535. The number of hydrogen-bond acceptors (Lipinski definition) is 4. The van der Waals surface area contributed by atoms with E-state index in [9.17, 15) is 0 Å². The van der Waals surface area contributed by atoms with Crippen molar-refractivity contribution in [3.8, 4) is 5.82 Å². The first-order chi connectivity index (χ1) is 12.0. The molecule has 0 bridgehead atoms. The van der Waals surface area contributed by atoms with Crippen molar-refractivity contribution in [3.05, 3.63) is 54.0 Å². The Morgan fingerprint density at radius 3 is 2.84 bits per heavy atom. The van der Waals surface area contributed by atoms with Crippen molar-refractivity contribution in [1.82, 2.24) is 14.8 Å². The monoisotopic (exact) mass is 332 g/mol. The predicted molar refractivity (Wildman–Crippen MR) is 96.2 cm³/mol. The number of pyridine rings is 1. The minimum atomic E-state index is -0.403. The van der Waals surface area contributed by atoms with Gasteiger partial charge in [0.1, 0.15) is 0 Å². The van der Waals surface area contributed by atoms with Gasteiger partial charge in [0.25, 0.3) is 5.82 Å². The zero-order chi connectivity index (χ0) is 17.6. The highest BCUT2D eigenvalue weighted by atomic mass is 16.7. The number of aromatic nitrogens is 3. The second-order valence-corrected chi connectivity index (χ2v) is 6.67. The van der Waals surface area contributed by atoms with Gasteiger partial charge in [0.05, 0.1) is 23.4 Å². The van der Waals surface area contributed by atoms with E-state index in [4.69, 9.17) is 15.9 Å². The van der Waals surface area contributed by atoms with E-state index < -0.39 is 7.12 Å². The van der Waals surface area contributed by atoms with Crippen LogP contribution in [0, 0.1) is 6.57 Å². The smallest absolute Gasteiger partial charge is 0.402 e. The Kier molecular flexibility index (Phi) is 3.60. The Hall–Kier alpha value is -2.69. The van der Waals surface area contributed by atoms with Gasteiger partial charge in [-0.25, -0.2) is 0 Å². The van der Waals surface area contributed by atoms with Gasteiger partial charge in [-0.05, 0) is 38.4 Å². The molecule has 25 heavy (non-hydrogen) atoms. The molecule has 7 heteroatoms. The van der Waals surface area contributed by atoms with Crippen LogP contribution >= 0.6 is 0 Å². The lowest BCUT2D eigenvalue weighted by Gasteiger charge is -2.21. The molecule has 1 aliphatic heterocycles. The minimum Gasteiger partial charge on any atom is -0.402 e. The van der Waals surface area contributed by atoms with Crippen molar-refractivity contribution >= 4 is 29.3 Å². The topological polar surface area (TPSA) is 53.5 Å². The summed E-state index contributed by atoms with van der Waals surface area (Å²) < 4.78 is 13.7. The van der Waals surface area contributed by atoms with E-state index in [1.165, 1.54) is 0 Å². The Morgan fingerprint density at radius 1 is 1.28 bits per heavy atom. The molecule has 0 amide bonds. The van der Waals surface area contributed by atoms with Crippen LogP contribution in [0.25, 0.3) is 21.6 Å². The van der Waals surface area contributed by atoms with Crippen LogP contribution in [0.15, 0.2) is 42.6 Å². The molecule has 0 spiro atoms. The van der Waals surface area contributed by atoms with Gasteiger partial charge in [-0.3, -0.25) is 0 Å². The summed E-state index contributed by atoms with van der Waals surface area (Å²) in [6, 6.07) is 11.3. The van der Waals surface area contributed by atoms with E-state index in [-0.39, 0.29) is 11.7 Å². The van der Waals surface area contributed by atoms with Crippen LogP contribution in [0.3, 0.4) is 0 Å². The maximum atomic E-state index is 7.13. The van der Waals surface area contributed by atoms with Gasteiger partial charge in [0, 0.05) is 11.5 Å². The molecule has 0 aliphatic carbocycles. The predicted octanol–water partition coefficient (Wildman–Crippen LogP) is 2.88. The van der Waals surface area contributed by atoms with Crippen LogP contribution in [0.4, 0.5) is 5.82 Å². The number of hydrogen-bond donors (Lipinski definition) is 0. The summed E-state index contributed by atoms with van der Waals surface area (Å²) in [4.78, 5) is 7.71. The molecule has 0 N–H and O–H groups in total. The molecule has 124 valence electrons. The third-order valence-corrected chi connectivity index (χ3v) is 4.64. The molecular formula is C18H17BN4O2. The molecule has 4 rings (SSSR count). The molecule has 1 atom stereocenters. The second kappa shape index (κ2) is 5.69. The maximum absolute atomic E-state index is 7.13. The van der Waals surface area contributed by atoms with E-state index in [0.29, 0.717) is 11.6 Å². The number of benzene rings is 1. The summed E-state index contributed by atoms with van der Waals surface area (Å²) in [5.74, 6) is 0.956. The molecule has 2 aromatic heterocycles. The van der Waals surface area contributed by atoms with Crippen molar-refractivity contribution in [3.63, 3.8) is 0 Å². The van der Waals surface area contributed by atoms with Crippen LogP contribution in [0.2, 0.25) is 0 Å². The first-order valence-corrected chi connectivity index (χ1v) is 8.14. The van der Waals surface area contributed by atoms with Crippen LogP contribution in [0.1, 0.15) is 20.8 Å². The number of fused-ring (bicyclic) bond motifs is 1. The van der Waals surface area contributed by atoms with Crippen LogP contribution in [0.5, 0.6) is 0 Å². The first-order valence-electron chi connectivity index (χ1n) is 8.14. The number of rotatable bonds is 2. The summed E-state index contributed by atoms with van der Waals surface area (Å²) in [5, 5.41) is 5.41. The van der Waals surface area contributed by atoms with Crippen LogP contribution < -0.4 is 5.46 Å². The fourth-order valence-electron chi connectivity index (χ4n) is 2.85. The molecule has 3 heterocycles. The lowest BCUT2D eigenvalue weighted by Crippen LogP contribution is -2.34. The summed E-state index contributed by atoms with van der Waals surface area (Å²) in [5.41, 5.74) is 1.51. The van der Waals surface area contributed by atoms with Gasteiger partial charge in [0.15, 0.2) is 0 Å². The molecule has 1 aromatic carbocycles. The van der Waals surface area contributed by atoms with E-state index in [1.807, 2.05) is 45.0 Å². The fourth-order valence-corrected chi connectivity index (χ4v) is 2.85. The molecule has 0 saturated carbocycles. The molecule has 1 fully saturated rings. The van der Waals surface area contributed by atoms with Gasteiger partial charge >= 0.3 is 7.12 Å². The third-order valence-electron chi connectivity index (χ3n) is 4.64. The molecular weight excluding hydrogens is 315 g/mol. The van der Waals surface area contributed by atoms with Gasteiger partial charge < -0.3 is 14.2 Å². The standard InChI is InChI=1S/C18H17BN4O2/c1-12-18(2,3)25-19(24-12)14-9-8-13-11-21-23(15(13)10-14)17-7-5-6-16(20-4)22-17/h5-12H,1-3H3. The van der Waals surface area contributed by atoms with E-state index in [0.717, 1.165) is 16.4 Å². The average Bonchev–Trinajstić information content (AvgIpc) is 3.15. The highest BCUT2D eigenvalue weighted by molar-refractivity contribution is 6.62. The van der Waals surface area contributed by atoms with Crippen LogP contribution in [-0.4, -0.2) is 33.6 Å². The molecule has 6 nitrogen and oxygen atoms in total. The zero-order valence-electron chi connectivity index (χ0n) is 14.3. The molecule has 1 saturated heterocycles. The van der Waals surface area contributed by atoms with Crippen molar-refractivity contribution in [2.24, 2.45) is 0 Å². The van der Waals surface area contributed by atoms with E-state index >= 15 is 0 Å². The Morgan fingerprint density at radius 2 is 2.12 bits per heavy atom. The number of nitrogens with zero attached hydrogens (tertiary/aromatic N) is 4. The van der Waals surface area contributed by atoms with Gasteiger partial charge in [-0.1, -0.05) is 24.8 Å². The average molecular weight is 332 g/mol. The summed E-state index contributed by atoms with van der Waals surface area (Å²) in [6.07, 6.45) is 1.80. The van der Waals surface area contributed by atoms with Crippen LogP contribution in [-0.2, 0) is 9.31 Å². The van der Waals surface area contributed by atoms with Gasteiger partial charge in [-0.15, -0.1) is 4.98 Å². The highest BCUT2D eigenvalue weighted by Gasteiger charge is 2.43. The summed E-state index contributed by atoms with van der Waals surface area (Å²) in [7, 11) is -0.403. The second-order valence-electron chi connectivity index (χ2n) is 6.67. The van der Waals surface area contributed by atoms with Crippen molar-refractivity contribution in [2.45, 2.75) is 32.5 Å². The largest absolute Gasteiger partial charge is 0.494 e. The van der Waals surface area contributed by atoms with Crippen molar-refractivity contribution in [2.75, 3.05) is 0 Å². The summed E-state index contributed by atoms with van der Waals surface area (Å²) in [6.45, 7) is 13.2. The normalized spacial score (nSPS) is 19.3. The minimum absolute atomic E-state index is 0.00937. The Balaban J connectivity index is 1.77. The summed E-state index contributed by atoms with van der Waals surface area (Å²) >= 11 is 0. The highest BCUT2D eigenvalue weighted by Crippen LogP contribution is 2.27. The first kappa shape index (κ1) is 15.8. The van der Waals surface area contributed by atoms with Gasteiger partial charge in [0.2, 0.25) is 5.82 Å². The van der Waals surface area contributed by atoms with Crippen molar-refractivity contribution < 1.29 is 9.31 Å². The van der Waals surface area contributed by atoms with Gasteiger partial charge in [-0.2, -0.15) is 9.78 Å². The SMILES string of the molecule is [C-]#[N+]c1cccc(-n2ncc3ccc(B4OC(C)C(C)(C)O4)cc32)n1. The van der Waals surface area contributed by atoms with Crippen molar-refractivity contribution in [1.29, 1.82) is 0 Å². The Bertz CT molecular complexity index is 992.